The van der Waals surface area contributed by atoms with Crippen LogP contribution in [0.15, 0.2) is 12.1 Å². The van der Waals surface area contributed by atoms with Crippen LogP contribution in [0.3, 0.4) is 0 Å². The molecule has 2 aromatic rings. The molecule has 1 aromatic heterocycles. The number of ether oxygens (including phenoxy) is 1. The highest BCUT2D eigenvalue weighted by atomic mass is 19.2. The first-order valence-corrected chi connectivity index (χ1v) is 10.3. The summed E-state index contributed by atoms with van der Waals surface area (Å²) in [4.78, 5) is 27.5. The van der Waals surface area contributed by atoms with Gasteiger partial charge in [-0.2, -0.15) is 4.39 Å². The summed E-state index contributed by atoms with van der Waals surface area (Å²) in [5, 5.41) is 0. The van der Waals surface area contributed by atoms with Crippen molar-refractivity contribution in [2.24, 2.45) is 0 Å². The Morgan fingerprint density at radius 1 is 0.903 bits per heavy atom. The lowest BCUT2D eigenvalue weighted by Gasteiger charge is -2.36. The third-order valence-corrected chi connectivity index (χ3v) is 5.68. The van der Waals surface area contributed by atoms with Crippen molar-refractivity contribution in [1.29, 1.82) is 0 Å². The Labute approximate surface area is 178 Å². The molecule has 10 heteroatoms. The fourth-order valence-corrected chi connectivity index (χ4v) is 4.03. The van der Waals surface area contributed by atoms with Gasteiger partial charge in [-0.15, -0.1) is 0 Å². The number of methoxy groups -OCH3 is 1. The first-order valence-electron chi connectivity index (χ1n) is 10.3. The monoisotopic (exact) mass is 435 g/mol. The number of benzene rings is 1. The third kappa shape index (κ3) is 4.11. The fraction of sp³-hybridized carbons (Fsp3) is 0.476. The summed E-state index contributed by atoms with van der Waals surface area (Å²) in [5.41, 5.74) is -0.543. The minimum absolute atomic E-state index is 0.293. The van der Waals surface area contributed by atoms with E-state index in [1.807, 2.05) is 17.9 Å². The van der Waals surface area contributed by atoms with E-state index in [-0.39, 0.29) is 0 Å². The summed E-state index contributed by atoms with van der Waals surface area (Å²) in [5.74, 6) is -3.22. The summed E-state index contributed by atoms with van der Waals surface area (Å²) in [6.07, 6.45) is 2.29. The first-order chi connectivity index (χ1) is 14.9. The van der Waals surface area contributed by atoms with E-state index < -0.39 is 34.7 Å². The number of piperazine rings is 1. The molecule has 0 bridgehead atoms. The van der Waals surface area contributed by atoms with Gasteiger partial charge in [0.15, 0.2) is 17.4 Å². The van der Waals surface area contributed by atoms with Crippen LogP contribution in [0.25, 0.3) is 0 Å². The molecule has 2 aliphatic heterocycles. The lowest BCUT2D eigenvalue weighted by Crippen LogP contribution is -2.49. The standard InChI is InChI=1S/C21H24F3N5O2/c1-13-25-16(27-5-3-4-6-27)12-17(26-13)28-7-9-29(10-8-28)21(30)14-11-15(22)19(24)20(31-2)18(14)23/h11-12H,3-10H2,1-2H3. The summed E-state index contributed by atoms with van der Waals surface area (Å²) >= 11 is 0. The van der Waals surface area contributed by atoms with E-state index in [0.717, 1.165) is 44.7 Å². The van der Waals surface area contributed by atoms with E-state index >= 15 is 0 Å². The Balaban J connectivity index is 1.48. The minimum Gasteiger partial charge on any atom is -0.491 e. The van der Waals surface area contributed by atoms with Crippen molar-refractivity contribution in [3.05, 3.63) is 41.0 Å². The van der Waals surface area contributed by atoms with E-state index in [4.69, 9.17) is 0 Å². The van der Waals surface area contributed by atoms with Crippen LogP contribution in [0.4, 0.5) is 24.8 Å². The molecule has 0 saturated carbocycles. The molecule has 2 saturated heterocycles. The number of anilines is 2. The normalized spacial score (nSPS) is 16.7. The topological polar surface area (TPSA) is 61.8 Å². The Kier molecular flexibility index (Phi) is 5.88. The number of hydrogen-bond donors (Lipinski definition) is 0. The highest BCUT2D eigenvalue weighted by molar-refractivity contribution is 5.95. The molecular formula is C21H24F3N5O2. The maximum atomic E-state index is 14.5. The maximum absolute atomic E-state index is 14.5. The van der Waals surface area contributed by atoms with Crippen molar-refractivity contribution in [2.75, 3.05) is 56.2 Å². The van der Waals surface area contributed by atoms with Crippen molar-refractivity contribution in [1.82, 2.24) is 14.9 Å². The molecule has 1 aromatic carbocycles. The van der Waals surface area contributed by atoms with Gasteiger partial charge < -0.3 is 19.4 Å². The van der Waals surface area contributed by atoms with Crippen LogP contribution in [-0.2, 0) is 0 Å². The van der Waals surface area contributed by atoms with Gasteiger partial charge in [-0.05, 0) is 25.8 Å². The van der Waals surface area contributed by atoms with Crippen molar-refractivity contribution in [3.63, 3.8) is 0 Å². The smallest absolute Gasteiger partial charge is 0.257 e. The molecule has 1 amide bonds. The molecule has 4 rings (SSSR count). The van der Waals surface area contributed by atoms with Gasteiger partial charge in [0.2, 0.25) is 5.82 Å². The quantitative estimate of drug-likeness (QED) is 0.689. The highest BCUT2D eigenvalue weighted by Gasteiger charge is 2.29. The Morgan fingerprint density at radius 3 is 2.06 bits per heavy atom. The molecule has 0 unspecified atom stereocenters. The molecule has 3 heterocycles. The van der Waals surface area contributed by atoms with Crippen LogP contribution in [0.1, 0.15) is 29.0 Å². The zero-order valence-electron chi connectivity index (χ0n) is 17.5. The van der Waals surface area contributed by atoms with Crippen LogP contribution < -0.4 is 14.5 Å². The van der Waals surface area contributed by atoms with Crippen molar-refractivity contribution < 1.29 is 22.7 Å². The number of halogens is 3. The molecule has 0 atom stereocenters. The van der Waals surface area contributed by atoms with Gasteiger partial charge in [0.1, 0.15) is 17.5 Å². The molecule has 2 fully saturated rings. The van der Waals surface area contributed by atoms with E-state index in [9.17, 15) is 18.0 Å². The number of carbonyl (C=O) groups is 1. The molecular weight excluding hydrogens is 411 g/mol. The van der Waals surface area contributed by atoms with Crippen LogP contribution in [0, 0.1) is 24.4 Å². The molecule has 0 N–H and O–H groups in total. The number of amides is 1. The third-order valence-electron chi connectivity index (χ3n) is 5.68. The second-order valence-corrected chi connectivity index (χ2v) is 7.67. The lowest BCUT2D eigenvalue weighted by atomic mass is 10.1. The molecule has 31 heavy (non-hydrogen) atoms. The van der Waals surface area contributed by atoms with Crippen LogP contribution >= 0.6 is 0 Å². The summed E-state index contributed by atoms with van der Waals surface area (Å²) in [6.45, 7) is 5.34. The Bertz CT molecular complexity index is 989. The second-order valence-electron chi connectivity index (χ2n) is 7.67. The lowest BCUT2D eigenvalue weighted by molar-refractivity contribution is 0.0740. The van der Waals surface area contributed by atoms with Crippen LogP contribution in [0.2, 0.25) is 0 Å². The largest absolute Gasteiger partial charge is 0.491 e. The van der Waals surface area contributed by atoms with Crippen molar-refractivity contribution in [2.45, 2.75) is 19.8 Å². The van der Waals surface area contributed by atoms with E-state index in [1.165, 1.54) is 4.90 Å². The van der Waals surface area contributed by atoms with Crippen molar-refractivity contribution in [3.8, 4) is 5.75 Å². The van der Waals surface area contributed by atoms with Gasteiger partial charge in [-0.3, -0.25) is 4.79 Å². The average Bonchev–Trinajstić information content (AvgIpc) is 3.31. The minimum atomic E-state index is -1.45. The Hall–Kier alpha value is -3.04. The molecule has 7 nitrogen and oxygen atoms in total. The molecule has 0 aliphatic carbocycles. The highest BCUT2D eigenvalue weighted by Crippen LogP contribution is 2.28. The summed E-state index contributed by atoms with van der Waals surface area (Å²) in [7, 11) is 1.02. The predicted octanol–water partition coefficient (Wildman–Crippen LogP) is 2.77. The van der Waals surface area contributed by atoms with E-state index in [2.05, 4.69) is 19.6 Å². The van der Waals surface area contributed by atoms with E-state index in [0.29, 0.717) is 38.1 Å². The average molecular weight is 435 g/mol. The number of rotatable bonds is 4. The van der Waals surface area contributed by atoms with Gasteiger partial charge >= 0.3 is 0 Å². The van der Waals surface area contributed by atoms with Gasteiger partial charge in [-0.25, -0.2) is 18.7 Å². The second kappa shape index (κ2) is 8.60. The fourth-order valence-electron chi connectivity index (χ4n) is 4.03. The van der Waals surface area contributed by atoms with E-state index in [1.54, 1.807) is 0 Å². The van der Waals surface area contributed by atoms with Crippen molar-refractivity contribution >= 4 is 17.5 Å². The Morgan fingerprint density at radius 2 is 1.48 bits per heavy atom. The molecule has 0 spiro atoms. The number of carbonyl (C=O) groups excluding carboxylic acids is 1. The summed E-state index contributed by atoms with van der Waals surface area (Å²) in [6, 6.07) is 2.54. The number of aryl methyl sites for hydroxylation is 1. The van der Waals surface area contributed by atoms with Gasteiger partial charge in [0, 0.05) is 45.3 Å². The summed E-state index contributed by atoms with van der Waals surface area (Å²) < 4.78 is 46.6. The van der Waals surface area contributed by atoms with Gasteiger partial charge in [-0.1, -0.05) is 0 Å². The van der Waals surface area contributed by atoms with Crippen LogP contribution in [-0.4, -0.2) is 67.2 Å². The van der Waals surface area contributed by atoms with Gasteiger partial charge in [0.05, 0.1) is 12.7 Å². The zero-order valence-corrected chi connectivity index (χ0v) is 17.5. The SMILES string of the molecule is COc1c(F)c(F)cc(C(=O)N2CCN(c3cc(N4CCCC4)nc(C)n3)CC2)c1F. The zero-order chi connectivity index (χ0) is 22.1. The number of hydrogen-bond acceptors (Lipinski definition) is 6. The van der Waals surface area contributed by atoms with Crippen LogP contribution in [0.5, 0.6) is 5.75 Å². The molecule has 166 valence electrons. The first kappa shape index (κ1) is 21.2. The maximum Gasteiger partial charge on any atom is 0.257 e. The molecule has 2 aliphatic rings. The van der Waals surface area contributed by atoms with Gasteiger partial charge in [0.25, 0.3) is 5.91 Å². The number of nitrogens with zero attached hydrogens (tertiary/aromatic N) is 5. The predicted molar refractivity (Wildman–Crippen MR) is 109 cm³/mol. The number of aromatic nitrogens is 2. The molecule has 0 radical (unpaired) electrons.